The third-order valence-electron chi connectivity index (χ3n) is 5.15. The summed E-state index contributed by atoms with van der Waals surface area (Å²) in [6.45, 7) is 7.08. The number of hydrogen-bond donors (Lipinski definition) is 1. The normalized spacial score (nSPS) is 22.0. The van der Waals surface area contributed by atoms with Gasteiger partial charge in [-0.1, -0.05) is 19.1 Å². The standard InChI is InChI=1S/C17H25N7O/c1-17(2)11-24(16(25)13-10-23(7-5-18)21-20-13)14(17)15-19-6-8-22(15)9-12-3-4-12/h6,8,10,12,14H,3-5,7,9,11,18H2,1-2H3. The molecule has 2 aromatic heterocycles. The van der Waals surface area contributed by atoms with Gasteiger partial charge < -0.3 is 15.2 Å². The highest BCUT2D eigenvalue weighted by Gasteiger charge is 2.51. The molecule has 8 nitrogen and oxygen atoms in total. The number of nitrogens with two attached hydrogens (primary N) is 1. The van der Waals surface area contributed by atoms with Gasteiger partial charge in [-0.2, -0.15) is 0 Å². The number of aromatic nitrogens is 5. The molecular formula is C17H25N7O. The van der Waals surface area contributed by atoms with Crippen molar-refractivity contribution in [1.82, 2.24) is 29.4 Å². The highest BCUT2D eigenvalue weighted by atomic mass is 16.2. The van der Waals surface area contributed by atoms with Crippen molar-refractivity contribution in [1.29, 1.82) is 0 Å². The number of carbonyl (C=O) groups is 1. The fraction of sp³-hybridized carbons (Fsp3) is 0.647. The van der Waals surface area contributed by atoms with Gasteiger partial charge in [-0.05, 0) is 18.8 Å². The molecule has 1 aliphatic carbocycles. The van der Waals surface area contributed by atoms with Crippen molar-refractivity contribution < 1.29 is 4.79 Å². The molecule has 0 radical (unpaired) electrons. The monoisotopic (exact) mass is 343 g/mol. The molecule has 2 aromatic rings. The summed E-state index contributed by atoms with van der Waals surface area (Å²) < 4.78 is 3.83. The molecule has 0 aromatic carbocycles. The summed E-state index contributed by atoms with van der Waals surface area (Å²) in [5.41, 5.74) is 5.90. The molecule has 2 fully saturated rings. The number of hydrogen-bond acceptors (Lipinski definition) is 5. The van der Waals surface area contributed by atoms with Gasteiger partial charge in [0.2, 0.25) is 0 Å². The van der Waals surface area contributed by atoms with Crippen molar-refractivity contribution in [3.05, 3.63) is 30.1 Å². The molecule has 134 valence electrons. The van der Waals surface area contributed by atoms with E-state index in [1.165, 1.54) is 12.8 Å². The first-order valence-electron chi connectivity index (χ1n) is 8.92. The van der Waals surface area contributed by atoms with Gasteiger partial charge in [0, 0.05) is 37.4 Å². The lowest BCUT2D eigenvalue weighted by Gasteiger charge is -2.53. The maximum Gasteiger partial charge on any atom is 0.276 e. The molecule has 1 atom stereocenters. The van der Waals surface area contributed by atoms with Gasteiger partial charge in [0.05, 0.1) is 18.8 Å². The minimum Gasteiger partial charge on any atom is -0.333 e. The summed E-state index contributed by atoms with van der Waals surface area (Å²) in [7, 11) is 0. The molecule has 8 heteroatoms. The fourth-order valence-corrected chi connectivity index (χ4v) is 3.69. The SMILES string of the molecule is CC1(C)CN(C(=O)c2cn(CCN)nn2)C1c1nccn1CC1CC1. The zero-order valence-corrected chi connectivity index (χ0v) is 14.8. The molecule has 1 saturated heterocycles. The maximum absolute atomic E-state index is 12.9. The minimum absolute atomic E-state index is 0.00440. The highest BCUT2D eigenvalue weighted by molar-refractivity contribution is 5.93. The van der Waals surface area contributed by atoms with E-state index < -0.39 is 0 Å². The topological polar surface area (TPSA) is 94.9 Å². The quantitative estimate of drug-likeness (QED) is 0.846. The van der Waals surface area contributed by atoms with Gasteiger partial charge in [-0.15, -0.1) is 5.10 Å². The highest BCUT2D eigenvalue weighted by Crippen LogP contribution is 2.48. The molecule has 1 saturated carbocycles. The molecular weight excluding hydrogens is 318 g/mol. The second-order valence-corrected chi connectivity index (χ2v) is 7.86. The Morgan fingerprint density at radius 1 is 1.40 bits per heavy atom. The fourth-order valence-electron chi connectivity index (χ4n) is 3.69. The van der Waals surface area contributed by atoms with Crippen LogP contribution in [0.3, 0.4) is 0 Å². The van der Waals surface area contributed by atoms with E-state index in [2.05, 4.69) is 33.7 Å². The Hall–Kier alpha value is -2.22. The van der Waals surface area contributed by atoms with E-state index in [1.807, 2.05) is 17.3 Å². The van der Waals surface area contributed by atoms with E-state index in [4.69, 9.17) is 5.73 Å². The third-order valence-corrected chi connectivity index (χ3v) is 5.15. The predicted molar refractivity (Wildman–Crippen MR) is 91.6 cm³/mol. The molecule has 25 heavy (non-hydrogen) atoms. The summed E-state index contributed by atoms with van der Waals surface area (Å²) in [4.78, 5) is 19.4. The molecule has 1 aliphatic heterocycles. The second-order valence-electron chi connectivity index (χ2n) is 7.86. The van der Waals surface area contributed by atoms with Crippen LogP contribution in [0, 0.1) is 11.3 Å². The van der Waals surface area contributed by atoms with Crippen molar-refractivity contribution in [2.45, 2.75) is 45.8 Å². The number of imidazole rings is 1. The van der Waals surface area contributed by atoms with Crippen LogP contribution in [0.15, 0.2) is 18.6 Å². The Bertz CT molecular complexity index is 774. The van der Waals surface area contributed by atoms with Crippen molar-refractivity contribution in [2.75, 3.05) is 13.1 Å². The van der Waals surface area contributed by atoms with E-state index in [9.17, 15) is 4.79 Å². The maximum atomic E-state index is 12.9. The zero-order valence-electron chi connectivity index (χ0n) is 14.8. The third kappa shape index (κ3) is 2.95. The molecule has 4 rings (SSSR count). The van der Waals surface area contributed by atoms with E-state index in [0.29, 0.717) is 25.3 Å². The molecule has 2 N–H and O–H groups in total. The van der Waals surface area contributed by atoms with Crippen LogP contribution in [0.5, 0.6) is 0 Å². The first kappa shape index (κ1) is 16.3. The molecule has 1 amide bonds. The zero-order chi connectivity index (χ0) is 17.6. The van der Waals surface area contributed by atoms with Crippen LogP contribution in [0.4, 0.5) is 0 Å². The number of carbonyl (C=O) groups excluding carboxylic acids is 1. The average molecular weight is 343 g/mol. The van der Waals surface area contributed by atoms with E-state index in [0.717, 1.165) is 18.3 Å². The minimum atomic E-state index is -0.0893. The van der Waals surface area contributed by atoms with Gasteiger partial charge in [0.15, 0.2) is 5.69 Å². The predicted octanol–water partition coefficient (Wildman–Crippen LogP) is 1.07. The van der Waals surface area contributed by atoms with E-state index >= 15 is 0 Å². The van der Waals surface area contributed by atoms with Crippen LogP contribution in [-0.4, -0.2) is 48.4 Å². The molecule has 0 spiro atoms. The second kappa shape index (κ2) is 5.94. The molecule has 2 aliphatic rings. The van der Waals surface area contributed by atoms with Gasteiger partial charge in [0.1, 0.15) is 5.82 Å². The summed E-state index contributed by atoms with van der Waals surface area (Å²) in [6, 6.07) is -0.0339. The largest absolute Gasteiger partial charge is 0.333 e. The number of rotatable bonds is 6. The number of nitrogens with zero attached hydrogens (tertiary/aromatic N) is 6. The Labute approximate surface area is 147 Å². The first-order valence-corrected chi connectivity index (χ1v) is 8.92. The lowest BCUT2D eigenvalue weighted by atomic mass is 9.74. The van der Waals surface area contributed by atoms with E-state index in [-0.39, 0.29) is 17.4 Å². The van der Waals surface area contributed by atoms with Gasteiger partial charge in [-0.25, -0.2) is 4.98 Å². The van der Waals surface area contributed by atoms with Crippen LogP contribution in [-0.2, 0) is 13.1 Å². The van der Waals surface area contributed by atoms with Gasteiger partial charge >= 0.3 is 0 Å². The Morgan fingerprint density at radius 3 is 2.88 bits per heavy atom. The van der Waals surface area contributed by atoms with Gasteiger partial charge in [0.25, 0.3) is 5.91 Å². The van der Waals surface area contributed by atoms with Crippen molar-refractivity contribution in [3.63, 3.8) is 0 Å². The molecule has 3 heterocycles. The van der Waals surface area contributed by atoms with E-state index in [1.54, 1.807) is 10.9 Å². The molecule has 0 bridgehead atoms. The van der Waals surface area contributed by atoms with Crippen molar-refractivity contribution in [2.24, 2.45) is 17.1 Å². The summed E-state index contributed by atoms with van der Waals surface area (Å²) in [6.07, 6.45) is 8.12. The Kier molecular flexibility index (Phi) is 3.87. The van der Waals surface area contributed by atoms with Crippen LogP contribution in [0.1, 0.15) is 49.0 Å². The molecule has 1 unspecified atom stereocenters. The van der Waals surface area contributed by atoms with Crippen LogP contribution < -0.4 is 5.73 Å². The Balaban J connectivity index is 1.57. The summed E-state index contributed by atoms with van der Waals surface area (Å²) in [5.74, 6) is 1.65. The summed E-state index contributed by atoms with van der Waals surface area (Å²) in [5, 5.41) is 8.00. The van der Waals surface area contributed by atoms with Crippen molar-refractivity contribution >= 4 is 5.91 Å². The van der Waals surface area contributed by atoms with Gasteiger partial charge in [-0.3, -0.25) is 9.48 Å². The summed E-state index contributed by atoms with van der Waals surface area (Å²) >= 11 is 0. The average Bonchev–Trinajstić information content (AvgIpc) is 3.07. The lowest BCUT2D eigenvalue weighted by Crippen LogP contribution is -2.58. The van der Waals surface area contributed by atoms with Crippen LogP contribution in [0.25, 0.3) is 0 Å². The number of amides is 1. The van der Waals surface area contributed by atoms with Crippen LogP contribution >= 0.6 is 0 Å². The number of likely N-dealkylation sites (tertiary alicyclic amines) is 1. The lowest BCUT2D eigenvalue weighted by molar-refractivity contribution is -0.0383. The van der Waals surface area contributed by atoms with Crippen LogP contribution in [0.2, 0.25) is 0 Å². The first-order chi connectivity index (χ1) is 12.0. The Morgan fingerprint density at radius 2 is 2.20 bits per heavy atom. The smallest absolute Gasteiger partial charge is 0.276 e. The van der Waals surface area contributed by atoms with Crippen molar-refractivity contribution in [3.8, 4) is 0 Å².